The molecule has 1 aliphatic heterocycles. The van der Waals surface area contributed by atoms with Crippen LogP contribution in [0.4, 0.5) is 0 Å². The van der Waals surface area contributed by atoms with Crippen molar-refractivity contribution in [2.75, 3.05) is 6.54 Å². The lowest BCUT2D eigenvalue weighted by atomic mass is 10.0. The minimum atomic E-state index is -3.72. The van der Waals surface area contributed by atoms with Crippen molar-refractivity contribution in [1.29, 1.82) is 0 Å². The fraction of sp³-hybridized carbons (Fsp3) is 0.917. The Labute approximate surface area is 114 Å². The number of carbonyl (C=O) groups is 1. The summed E-state index contributed by atoms with van der Waals surface area (Å²) >= 11 is 0. The lowest BCUT2D eigenvalue weighted by Crippen LogP contribution is -2.58. The maximum atomic E-state index is 12.4. The number of aliphatic carboxylic acids is 1. The van der Waals surface area contributed by atoms with Crippen LogP contribution in [0.1, 0.15) is 51.9 Å². The Morgan fingerprint density at radius 3 is 2.42 bits per heavy atom. The first-order valence-electron chi connectivity index (χ1n) is 6.91. The number of nitrogens with one attached hydrogen (secondary N) is 1. The number of piperidine rings is 1. The molecular formula is C12H22N2O4S. The largest absolute Gasteiger partial charge is 0.480 e. The molecule has 0 aromatic carbocycles. The third-order valence-electron chi connectivity index (χ3n) is 4.24. The number of hydrogen-bond donors (Lipinski definition) is 2. The Hall–Kier alpha value is -0.660. The van der Waals surface area contributed by atoms with E-state index in [0.29, 0.717) is 19.4 Å². The van der Waals surface area contributed by atoms with Gasteiger partial charge < -0.3 is 5.11 Å². The molecule has 1 saturated carbocycles. The van der Waals surface area contributed by atoms with Crippen LogP contribution >= 0.6 is 0 Å². The maximum absolute atomic E-state index is 12.4. The SMILES string of the molecule is CC1CCCCN1S(=O)(=O)NC1(C(=O)O)CCCC1. The van der Waals surface area contributed by atoms with Gasteiger partial charge in [0, 0.05) is 12.6 Å². The maximum Gasteiger partial charge on any atom is 0.324 e. The van der Waals surface area contributed by atoms with Crippen molar-refractivity contribution in [3.63, 3.8) is 0 Å². The lowest BCUT2D eigenvalue weighted by molar-refractivity contribution is -0.143. The highest BCUT2D eigenvalue weighted by atomic mass is 32.2. The van der Waals surface area contributed by atoms with E-state index in [0.717, 1.165) is 32.1 Å². The second-order valence-corrected chi connectivity index (χ2v) is 7.28. The van der Waals surface area contributed by atoms with Gasteiger partial charge in [0.15, 0.2) is 0 Å². The van der Waals surface area contributed by atoms with Gasteiger partial charge in [0.1, 0.15) is 5.54 Å². The van der Waals surface area contributed by atoms with Gasteiger partial charge in [-0.3, -0.25) is 4.79 Å². The first-order valence-corrected chi connectivity index (χ1v) is 8.35. The van der Waals surface area contributed by atoms with Crippen LogP contribution in [0.3, 0.4) is 0 Å². The van der Waals surface area contributed by atoms with E-state index in [4.69, 9.17) is 0 Å². The molecule has 1 saturated heterocycles. The molecule has 0 spiro atoms. The van der Waals surface area contributed by atoms with Gasteiger partial charge in [-0.15, -0.1) is 0 Å². The van der Waals surface area contributed by atoms with E-state index >= 15 is 0 Å². The van der Waals surface area contributed by atoms with Gasteiger partial charge >= 0.3 is 5.97 Å². The van der Waals surface area contributed by atoms with Crippen LogP contribution in [0.5, 0.6) is 0 Å². The Morgan fingerprint density at radius 2 is 1.89 bits per heavy atom. The van der Waals surface area contributed by atoms with Crippen LogP contribution in [0.2, 0.25) is 0 Å². The summed E-state index contributed by atoms with van der Waals surface area (Å²) in [5.74, 6) is -1.06. The average molecular weight is 290 g/mol. The summed E-state index contributed by atoms with van der Waals surface area (Å²) in [5, 5.41) is 9.35. The number of carboxylic acids is 1. The Balaban J connectivity index is 2.17. The number of nitrogens with zero attached hydrogens (tertiary/aromatic N) is 1. The number of rotatable bonds is 4. The molecule has 1 heterocycles. The zero-order valence-corrected chi connectivity index (χ0v) is 12.1. The molecule has 1 unspecified atom stereocenters. The predicted molar refractivity (Wildman–Crippen MR) is 70.9 cm³/mol. The second-order valence-electron chi connectivity index (χ2n) is 5.66. The molecule has 2 fully saturated rings. The normalized spacial score (nSPS) is 28.4. The minimum absolute atomic E-state index is 0.0569. The van der Waals surface area contributed by atoms with E-state index in [1.165, 1.54) is 4.31 Å². The van der Waals surface area contributed by atoms with Crippen molar-refractivity contribution >= 4 is 16.2 Å². The quantitative estimate of drug-likeness (QED) is 0.811. The summed E-state index contributed by atoms with van der Waals surface area (Å²) in [6, 6.07) is -0.0569. The summed E-state index contributed by atoms with van der Waals surface area (Å²) in [7, 11) is -3.72. The monoisotopic (exact) mass is 290 g/mol. The molecule has 19 heavy (non-hydrogen) atoms. The standard InChI is InChI=1S/C12H22N2O4S/c1-10-6-2-5-9-14(10)19(17,18)13-12(11(15)16)7-3-4-8-12/h10,13H,2-9H2,1H3,(H,15,16). The van der Waals surface area contributed by atoms with Crippen molar-refractivity contribution in [1.82, 2.24) is 9.03 Å². The van der Waals surface area contributed by atoms with Crippen LogP contribution in [-0.2, 0) is 15.0 Å². The summed E-state index contributed by atoms with van der Waals surface area (Å²) in [6.45, 7) is 2.35. The highest BCUT2D eigenvalue weighted by Gasteiger charge is 2.46. The van der Waals surface area contributed by atoms with E-state index in [1.54, 1.807) is 0 Å². The van der Waals surface area contributed by atoms with Crippen LogP contribution in [-0.4, -0.2) is 41.9 Å². The Kier molecular flexibility index (Phi) is 4.17. The van der Waals surface area contributed by atoms with Gasteiger partial charge in [-0.1, -0.05) is 19.3 Å². The predicted octanol–water partition coefficient (Wildman–Crippen LogP) is 1.09. The molecule has 7 heteroatoms. The fourth-order valence-corrected chi connectivity index (χ4v) is 4.92. The summed E-state index contributed by atoms with van der Waals surface area (Å²) in [6.07, 6.45) is 4.96. The smallest absolute Gasteiger partial charge is 0.324 e. The highest BCUT2D eigenvalue weighted by Crippen LogP contribution is 2.32. The molecule has 1 atom stereocenters. The molecule has 0 bridgehead atoms. The van der Waals surface area contributed by atoms with Crippen LogP contribution in [0.15, 0.2) is 0 Å². The van der Waals surface area contributed by atoms with E-state index < -0.39 is 21.7 Å². The van der Waals surface area contributed by atoms with Gasteiger partial charge in [-0.25, -0.2) is 0 Å². The van der Waals surface area contributed by atoms with Crippen molar-refractivity contribution < 1.29 is 18.3 Å². The summed E-state index contributed by atoms with van der Waals surface area (Å²) in [4.78, 5) is 11.4. The fourth-order valence-electron chi connectivity index (χ4n) is 3.07. The first kappa shape index (κ1) is 14.7. The topological polar surface area (TPSA) is 86.7 Å². The van der Waals surface area contributed by atoms with Gasteiger partial charge in [0.05, 0.1) is 0 Å². The summed E-state index contributed by atoms with van der Waals surface area (Å²) in [5.41, 5.74) is -1.30. The first-order chi connectivity index (χ1) is 8.87. The van der Waals surface area contributed by atoms with E-state index in [9.17, 15) is 18.3 Å². The van der Waals surface area contributed by atoms with Crippen LogP contribution in [0.25, 0.3) is 0 Å². The Bertz CT molecular complexity index is 443. The summed E-state index contributed by atoms with van der Waals surface area (Å²) < 4.78 is 28.7. The molecule has 0 aromatic rings. The van der Waals surface area contributed by atoms with Gasteiger partial charge in [-0.2, -0.15) is 17.4 Å². The van der Waals surface area contributed by atoms with Crippen molar-refractivity contribution in [2.45, 2.75) is 63.5 Å². The molecule has 1 aliphatic carbocycles. The highest BCUT2D eigenvalue weighted by molar-refractivity contribution is 7.87. The van der Waals surface area contributed by atoms with Gasteiger partial charge in [0.2, 0.25) is 0 Å². The number of hydrogen-bond acceptors (Lipinski definition) is 3. The molecule has 2 N–H and O–H groups in total. The molecule has 110 valence electrons. The van der Waals surface area contributed by atoms with Crippen molar-refractivity contribution in [3.05, 3.63) is 0 Å². The molecular weight excluding hydrogens is 268 g/mol. The molecule has 0 aromatic heterocycles. The van der Waals surface area contributed by atoms with E-state index in [-0.39, 0.29) is 6.04 Å². The van der Waals surface area contributed by atoms with Crippen molar-refractivity contribution in [2.24, 2.45) is 0 Å². The van der Waals surface area contributed by atoms with Gasteiger partial charge in [-0.05, 0) is 32.6 Å². The molecule has 0 amide bonds. The average Bonchev–Trinajstić information content (AvgIpc) is 2.78. The molecule has 2 rings (SSSR count). The second kappa shape index (κ2) is 5.38. The van der Waals surface area contributed by atoms with Crippen LogP contribution < -0.4 is 4.72 Å². The molecule has 0 radical (unpaired) electrons. The third-order valence-corrected chi connectivity index (χ3v) is 6.05. The molecule has 2 aliphatic rings. The van der Waals surface area contributed by atoms with E-state index in [2.05, 4.69) is 4.72 Å². The van der Waals surface area contributed by atoms with Crippen molar-refractivity contribution in [3.8, 4) is 0 Å². The van der Waals surface area contributed by atoms with E-state index in [1.807, 2.05) is 6.92 Å². The van der Waals surface area contributed by atoms with Gasteiger partial charge in [0.25, 0.3) is 10.2 Å². The number of carboxylic acid groups (broad SMARTS) is 1. The lowest BCUT2D eigenvalue weighted by Gasteiger charge is -2.35. The third kappa shape index (κ3) is 2.93. The zero-order valence-electron chi connectivity index (χ0n) is 11.3. The molecule has 6 nitrogen and oxygen atoms in total. The minimum Gasteiger partial charge on any atom is -0.480 e. The van der Waals surface area contributed by atoms with Crippen LogP contribution in [0, 0.1) is 0 Å². The Morgan fingerprint density at radius 1 is 1.26 bits per heavy atom. The zero-order chi connectivity index (χ0) is 14.1.